The van der Waals surface area contributed by atoms with Crippen molar-refractivity contribution in [3.63, 3.8) is 0 Å². The summed E-state index contributed by atoms with van der Waals surface area (Å²) in [5.74, 6) is -1.69. The first-order chi connectivity index (χ1) is 10.7. The summed E-state index contributed by atoms with van der Waals surface area (Å²) in [4.78, 5) is 22.9. The lowest BCUT2D eigenvalue weighted by atomic mass is 9.93. The molecule has 0 spiro atoms. The molecule has 0 radical (unpaired) electrons. The molecule has 0 aromatic rings. The van der Waals surface area contributed by atoms with E-state index in [2.05, 4.69) is 4.74 Å². The first-order valence-electron chi connectivity index (χ1n) is 6.92. The topological polar surface area (TPSA) is 163 Å². The molecule has 0 saturated carbocycles. The zero-order valence-corrected chi connectivity index (χ0v) is 12.8. The summed E-state index contributed by atoms with van der Waals surface area (Å²) in [6.45, 7) is 0.523. The van der Waals surface area contributed by atoms with E-state index in [9.17, 15) is 30.0 Å². The van der Waals surface area contributed by atoms with Crippen LogP contribution in [0, 0.1) is 5.41 Å². The highest BCUT2D eigenvalue weighted by atomic mass is 16.7. The molecular formula is C13H22O10. The van der Waals surface area contributed by atoms with E-state index < -0.39 is 67.9 Å². The Morgan fingerprint density at radius 2 is 1.87 bits per heavy atom. The summed E-state index contributed by atoms with van der Waals surface area (Å²) >= 11 is 0. The molecule has 1 saturated heterocycles. The van der Waals surface area contributed by atoms with Crippen LogP contribution in [0.3, 0.4) is 0 Å². The van der Waals surface area contributed by atoms with Gasteiger partial charge in [-0.1, -0.05) is 0 Å². The van der Waals surface area contributed by atoms with E-state index in [0.717, 1.165) is 6.92 Å². The summed E-state index contributed by atoms with van der Waals surface area (Å²) in [6.07, 6.45) is -7.66. The van der Waals surface area contributed by atoms with E-state index in [0.29, 0.717) is 0 Å². The van der Waals surface area contributed by atoms with Crippen molar-refractivity contribution in [1.82, 2.24) is 0 Å². The Morgan fingerprint density at radius 1 is 1.26 bits per heavy atom. The van der Waals surface area contributed by atoms with Crippen LogP contribution in [-0.2, 0) is 23.8 Å². The van der Waals surface area contributed by atoms with Gasteiger partial charge in [0, 0.05) is 6.92 Å². The minimum Gasteiger partial charge on any atom is -0.465 e. The fourth-order valence-corrected chi connectivity index (χ4v) is 1.87. The Balaban J connectivity index is 2.73. The van der Waals surface area contributed by atoms with E-state index in [1.54, 1.807) is 0 Å². The molecule has 1 aliphatic heterocycles. The van der Waals surface area contributed by atoms with Crippen LogP contribution >= 0.6 is 0 Å². The molecule has 0 aromatic carbocycles. The van der Waals surface area contributed by atoms with Gasteiger partial charge in [0.15, 0.2) is 0 Å². The minimum absolute atomic E-state index is 0.453. The second-order valence-corrected chi connectivity index (χ2v) is 5.60. The molecule has 0 aliphatic carbocycles. The van der Waals surface area contributed by atoms with Crippen LogP contribution < -0.4 is 0 Å². The van der Waals surface area contributed by atoms with Gasteiger partial charge in [0.05, 0.1) is 13.2 Å². The number of aliphatic hydroxyl groups is 5. The van der Waals surface area contributed by atoms with Gasteiger partial charge in [-0.25, -0.2) is 0 Å². The van der Waals surface area contributed by atoms with Gasteiger partial charge in [-0.2, -0.15) is 0 Å². The number of esters is 2. The molecule has 10 heteroatoms. The standard InChI is InChI=1S/C13H22O10/c1-6(16)21-5-13(2,4-15)12(20)23-11-9(19)8(18)10(22-11)7(17)3-14/h7-11,14-15,17-19H,3-5H2,1-2H3/t7?,8-,9+,10-,11?,13?/m1/s1. The third-order valence-electron chi connectivity index (χ3n) is 3.48. The Morgan fingerprint density at radius 3 is 2.35 bits per heavy atom. The molecule has 3 unspecified atom stereocenters. The molecule has 6 atom stereocenters. The van der Waals surface area contributed by atoms with Gasteiger partial charge in [-0.15, -0.1) is 0 Å². The van der Waals surface area contributed by atoms with Crippen molar-refractivity contribution >= 4 is 11.9 Å². The molecule has 0 bridgehead atoms. The quantitative estimate of drug-likeness (QED) is 0.300. The molecule has 10 nitrogen and oxygen atoms in total. The number of carbonyl (C=O) groups is 2. The Labute approximate surface area is 132 Å². The highest BCUT2D eigenvalue weighted by Gasteiger charge is 2.49. The third kappa shape index (κ3) is 4.59. The van der Waals surface area contributed by atoms with Crippen LogP contribution in [0.4, 0.5) is 0 Å². The lowest BCUT2D eigenvalue weighted by molar-refractivity contribution is -0.208. The van der Waals surface area contributed by atoms with E-state index in [1.807, 2.05) is 0 Å². The fourth-order valence-electron chi connectivity index (χ4n) is 1.87. The number of rotatable bonds is 7. The Kier molecular flexibility index (Phi) is 6.86. The number of aliphatic hydroxyl groups excluding tert-OH is 5. The molecule has 0 aromatic heterocycles. The highest BCUT2D eigenvalue weighted by molar-refractivity contribution is 5.77. The van der Waals surface area contributed by atoms with Crippen LogP contribution in [0.5, 0.6) is 0 Å². The van der Waals surface area contributed by atoms with Crippen LogP contribution in [0.15, 0.2) is 0 Å². The van der Waals surface area contributed by atoms with E-state index in [4.69, 9.17) is 14.6 Å². The normalized spacial score (nSPS) is 31.3. The number of hydrogen-bond acceptors (Lipinski definition) is 10. The molecule has 1 fully saturated rings. The lowest BCUT2D eigenvalue weighted by Crippen LogP contribution is -2.43. The second-order valence-electron chi connectivity index (χ2n) is 5.60. The van der Waals surface area contributed by atoms with Crippen LogP contribution in [-0.4, -0.2) is 88.0 Å². The van der Waals surface area contributed by atoms with Crippen molar-refractivity contribution in [3.8, 4) is 0 Å². The largest absolute Gasteiger partial charge is 0.465 e. The van der Waals surface area contributed by atoms with Gasteiger partial charge < -0.3 is 39.7 Å². The van der Waals surface area contributed by atoms with Gasteiger partial charge in [0.1, 0.15) is 36.4 Å². The van der Waals surface area contributed by atoms with Crippen molar-refractivity contribution in [2.45, 2.75) is 44.6 Å². The van der Waals surface area contributed by atoms with Crippen molar-refractivity contribution in [1.29, 1.82) is 0 Å². The van der Waals surface area contributed by atoms with E-state index in [-0.39, 0.29) is 0 Å². The van der Waals surface area contributed by atoms with E-state index in [1.165, 1.54) is 6.92 Å². The zero-order valence-electron chi connectivity index (χ0n) is 12.8. The summed E-state index contributed by atoms with van der Waals surface area (Å²) in [5.41, 5.74) is -1.59. The Hall–Kier alpha value is -1.30. The molecule has 5 N–H and O–H groups in total. The predicted octanol–water partition coefficient (Wildman–Crippen LogP) is -3.11. The number of carbonyl (C=O) groups excluding carboxylic acids is 2. The summed E-state index contributed by atoms with van der Waals surface area (Å²) in [7, 11) is 0. The van der Waals surface area contributed by atoms with Crippen LogP contribution in [0.2, 0.25) is 0 Å². The molecule has 23 heavy (non-hydrogen) atoms. The predicted molar refractivity (Wildman–Crippen MR) is 71.7 cm³/mol. The number of hydrogen-bond donors (Lipinski definition) is 5. The monoisotopic (exact) mass is 338 g/mol. The molecule has 1 aliphatic rings. The first kappa shape index (κ1) is 19.7. The van der Waals surface area contributed by atoms with Crippen molar-refractivity contribution < 1.29 is 49.3 Å². The molecule has 1 heterocycles. The van der Waals surface area contributed by atoms with Gasteiger partial charge in [-0.05, 0) is 6.92 Å². The smallest absolute Gasteiger partial charge is 0.320 e. The van der Waals surface area contributed by atoms with E-state index >= 15 is 0 Å². The van der Waals surface area contributed by atoms with Gasteiger partial charge in [-0.3, -0.25) is 9.59 Å². The zero-order chi connectivity index (χ0) is 17.8. The summed E-state index contributed by atoms with van der Waals surface area (Å²) in [5, 5.41) is 47.1. The van der Waals surface area contributed by atoms with Crippen LogP contribution in [0.25, 0.3) is 0 Å². The molecule has 0 amide bonds. The summed E-state index contributed by atoms with van der Waals surface area (Å²) in [6, 6.07) is 0. The average Bonchev–Trinajstić information content (AvgIpc) is 2.80. The maximum absolute atomic E-state index is 12.1. The van der Waals surface area contributed by atoms with Crippen molar-refractivity contribution in [2.24, 2.45) is 5.41 Å². The highest BCUT2D eigenvalue weighted by Crippen LogP contribution is 2.27. The SMILES string of the molecule is CC(=O)OCC(C)(CO)C(=O)OC1O[C@H](C(O)CO)[C@H](O)[C@@H]1O. The third-order valence-corrected chi connectivity index (χ3v) is 3.48. The Bertz CT molecular complexity index is 427. The first-order valence-corrected chi connectivity index (χ1v) is 6.92. The molecule has 134 valence electrons. The molecular weight excluding hydrogens is 316 g/mol. The summed E-state index contributed by atoms with van der Waals surface area (Å²) < 4.78 is 14.6. The maximum atomic E-state index is 12.1. The number of ether oxygens (including phenoxy) is 3. The lowest BCUT2D eigenvalue weighted by Gasteiger charge is -2.26. The minimum atomic E-state index is -1.65. The maximum Gasteiger partial charge on any atom is 0.320 e. The van der Waals surface area contributed by atoms with Gasteiger partial charge in [0.2, 0.25) is 6.29 Å². The second kappa shape index (κ2) is 7.99. The van der Waals surface area contributed by atoms with Gasteiger partial charge in [0.25, 0.3) is 0 Å². The average molecular weight is 338 g/mol. The van der Waals surface area contributed by atoms with Gasteiger partial charge >= 0.3 is 11.9 Å². The van der Waals surface area contributed by atoms with Crippen molar-refractivity contribution in [3.05, 3.63) is 0 Å². The molecule has 1 rings (SSSR count). The fraction of sp³-hybridized carbons (Fsp3) is 0.846. The van der Waals surface area contributed by atoms with Crippen molar-refractivity contribution in [2.75, 3.05) is 19.8 Å². The van der Waals surface area contributed by atoms with Crippen LogP contribution in [0.1, 0.15) is 13.8 Å².